The summed E-state index contributed by atoms with van der Waals surface area (Å²) in [5, 5.41) is 10.7. The summed E-state index contributed by atoms with van der Waals surface area (Å²) in [5.74, 6) is -0.118. The lowest BCUT2D eigenvalue weighted by atomic mass is 10.1. The fourth-order valence-electron chi connectivity index (χ4n) is 3.37. The highest BCUT2D eigenvalue weighted by molar-refractivity contribution is 7.28. The Morgan fingerprint density at radius 2 is 2.00 bits per heavy atom. The van der Waals surface area contributed by atoms with Gasteiger partial charge in [-0.2, -0.15) is 0 Å². The molecule has 4 rings (SSSR count). The summed E-state index contributed by atoms with van der Waals surface area (Å²) in [4.78, 5) is 10.9. The van der Waals surface area contributed by atoms with Gasteiger partial charge in [-0.3, -0.25) is 9.97 Å². The summed E-state index contributed by atoms with van der Waals surface area (Å²) in [6.07, 6.45) is 5.25. The molecule has 26 heavy (non-hydrogen) atoms. The first-order chi connectivity index (χ1) is 12.7. The lowest BCUT2D eigenvalue weighted by Crippen LogP contribution is -2.45. The molecule has 1 saturated heterocycles. The number of hydrogen-bond acceptors (Lipinski definition) is 6. The van der Waals surface area contributed by atoms with Gasteiger partial charge >= 0.3 is 0 Å². The van der Waals surface area contributed by atoms with Gasteiger partial charge in [0.1, 0.15) is 5.83 Å². The Hall–Kier alpha value is -2.24. The first kappa shape index (κ1) is 17.2. The summed E-state index contributed by atoms with van der Waals surface area (Å²) in [6.45, 7) is 4.19. The second-order valence-electron chi connectivity index (χ2n) is 6.39. The van der Waals surface area contributed by atoms with Gasteiger partial charge in [0.15, 0.2) is 0 Å². The van der Waals surface area contributed by atoms with E-state index in [-0.39, 0.29) is 12.4 Å². The van der Waals surface area contributed by atoms with Gasteiger partial charge in [-0.05, 0) is 23.0 Å². The molecule has 1 unspecified atom stereocenters. The predicted molar refractivity (Wildman–Crippen MR) is 104 cm³/mol. The second-order valence-corrected chi connectivity index (χ2v) is 7.01. The van der Waals surface area contributed by atoms with Gasteiger partial charge in [-0.1, -0.05) is 0 Å². The van der Waals surface area contributed by atoms with Gasteiger partial charge in [0.05, 0.1) is 29.0 Å². The van der Waals surface area contributed by atoms with Crippen molar-refractivity contribution in [3.05, 3.63) is 53.5 Å². The molecular weight excluding hydrogens is 350 g/mol. The minimum Gasteiger partial charge on any atom is -0.383 e. The topological polar surface area (TPSA) is 65.1 Å². The van der Waals surface area contributed by atoms with E-state index in [0.717, 1.165) is 53.8 Å². The van der Waals surface area contributed by atoms with Crippen LogP contribution in [0.3, 0.4) is 0 Å². The fourth-order valence-corrected chi connectivity index (χ4v) is 3.80. The first-order valence-corrected chi connectivity index (χ1v) is 9.31. The zero-order valence-electron chi connectivity index (χ0n) is 14.4. The van der Waals surface area contributed by atoms with E-state index in [0.29, 0.717) is 12.2 Å². The highest BCUT2D eigenvalue weighted by Crippen LogP contribution is 2.22. The van der Waals surface area contributed by atoms with Crippen molar-refractivity contribution in [3.63, 3.8) is 0 Å². The van der Waals surface area contributed by atoms with E-state index in [4.69, 9.17) is 0 Å². The highest BCUT2D eigenvalue weighted by atomic mass is 31.0. The van der Waals surface area contributed by atoms with Crippen LogP contribution in [0.4, 0.5) is 4.39 Å². The molecule has 0 bridgehead atoms. The summed E-state index contributed by atoms with van der Waals surface area (Å²) in [7, 11) is 2.71. The van der Waals surface area contributed by atoms with Gasteiger partial charge in [-0.25, -0.2) is 4.39 Å². The van der Waals surface area contributed by atoms with E-state index in [2.05, 4.69) is 46.1 Å². The van der Waals surface area contributed by atoms with Crippen LogP contribution in [-0.4, -0.2) is 47.6 Å². The number of aromatic nitrogens is 2. The molecule has 1 atom stereocenters. The second kappa shape index (κ2) is 7.56. The smallest absolute Gasteiger partial charge is 0.144 e. The van der Waals surface area contributed by atoms with Crippen LogP contribution in [-0.2, 0) is 6.54 Å². The third-order valence-corrected chi connectivity index (χ3v) is 5.04. The number of benzene rings is 1. The number of fused-ring (bicyclic) bond motifs is 1. The monoisotopic (exact) mass is 372 g/mol. The Kier molecular flexibility index (Phi) is 5.00. The average molecular weight is 372 g/mol. The number of halogens is 1. The van der Waals surface area contributed by atoms with Crippen LogP contribution in [0.2, 0.25) is 0 Å². The largest absolute Gasteiger partial charge is 0.383 e. The fraction of sp³-hybridized carbons (Fsp3) is 0.333. The number of piperazine rings is 1. The van der Waals surface area contributed by atoms with Gasteiger partial charge in [0, 0.05) is 51.3 Å². The van der Waals surface area contributed by atoms with Gasteiger partial charge in [-0.15, -0.1) is 9.24 Å². The molecule has 1 aromatic carbocycles. The molecule has 0 aliphatic carbocycles. The molecule has 1 aromatic heterocycles. The number of dihydropyridines is 1. The average Bonchev–Trinajstić information content (AvgIpc) is 2.67. The molecule has 0 saturated carbocycles. The van der Waals surface area contributed by atoms with E-state index in [1.54, 1.807) is 12.4 Å². The third-order valence-electron chi connectivity index (χ3n) is 4.59. The van der Waals surface area contributed by atoms with Crippen molar-refractivity contribution in [1.29, 1.82) is 0 Å². The van der Waals surface area contributed by atoms with Crippen molar-refractivity contribution < 1.29 is 4.39 Å². The molecule has 2 aliphatic heterocycles. The standard InChI is InChI=1S/C18H22FN6P/c19-13-10-21-11-15(18(13)25-5-3-20-4-6-25)24-9-12-7-14-17(16(26)8-12)23-2-1-22-14/h1-2,7-8,11,20-21,24H,3-6,9-10,26H2. The van der Waals surface area contributed by atoms with Crippen LogP contribution in [0.5, 0.6) is 0 Å². The molecule has 8 heteroatoms. The van der Waals surface area contributed by atoms with Crippen LogP contribution in [0, 0.1) is 0 Å². The molecule has 2 aromatic rings. The zero-order valence-corrected chi connectivity index (χ0v) is 15.6. The summed E-state index contributed by atoms with van der Waals surface area (Å²) >= 11 is 0. The molecule has 1 fully saturated rings. The van der Waals surface area contributed by atoms with E-state index in [9.17, 15) is 4.39 Å². The van der Waals surface area contributed by atoms with Crippen LogP contribution in [0.15, 0.2) is 47.9 Å². The maximum atomic E-state index is 14.5. The lowest BCUT2D eigenvalue weighted by molar-refractivity contribution is 0.287. The minimum absolute atomic E-state index is 0.118. The predicted octanol–water partition coefficient (Wildman–Crippen LogP) is 0.751. The van der Waals surface area contributed by atoms with Crippen LogP contribution >= 0.6 is 9.24 Å². The Morgan fingerprint density at radius 1 is 1.19 bits per heavy atom. The van der Waals surface area contributed by atoms with E-state index in [1.165, 1.54) is 0 Å². The van der Waals surface area contributed by atoms with Crippen molar-refractivity contribution in [2.75, 3.05) is 32.7 Å². The highest BCUT2D eigenvalue weighted by Gasteiger charge is 2.23. The number of nitrogens with one attached hydrogen (secondary N) is 3. The molecule has 0 amide bonds. The molecule has 136 valence electrons. The Labute approximate surface area is 154 Å². The summed E-state index contributed by atoms with van der Waals surface area (Å²) in [5.41, 5.74) is 4.29. The van der Waals surface area contributed by atoms with Gasteiger partial charge in [0.25, 0.3) is 0 Å². The molecule has 6 nitrogen and oxygen atoms in total. The number of hydrogen-bond donors (Lipinski definition) is 3. The van der Waals surface area contributed by atoms with Crippen molar-refractivity contribution in [2.24, 2.45) is 0 Å². The molecule has 3 N–H and O–H groups in total. The zero-order chi connectivity index (χ0) is 17.9. The van der Waals surface area contributed by atoms with Crippen molar-refractivity contribution in [2.45, 2.75) is 6.54 Å². The van der Waals surface area contributed by atoms with E-state index in [1.807, 2.05) is 12.3 Å². The number of rotatable bonds is 4. The lowest BCUT2D eigenvalue weighted by Gasteiger charge is -2.34. The van der Waals surface area contributed by atoms with Crippen LogP contribution in [0.25, 0.3) is 11.0 Å². The molecule has 0 radical (unpaired) electrons. The van der Waals surface area contributed by atoms with Gasteiger partial charge < -0.3 is 20.9 Å². The van der Waals surface area contributed by atoms with Crippen LogP contribution in [0.1, 0.15) is 5.56 Å². The molecule has 0 spiro atoms. The molecule has 2 aliphatic rings. The number of nitrogens with zero attached hydrogens (tertiary/aromatic N) is 3. The first-order valence-electron chi connectivity index (χ1n) is 8.73. The Morgan fingerprint density at radius 3 is 2.85 bits per heavy atom. The quantitative estimate of drug-likeness (QED) is 0.689. The normalized spacial score (nSPS) is 17.9. The van der Waals surface area contributed by atoms with Crippen molar-refractivity contribution in [1.82, 2.24) is 30.8 Å². The molecular formula is C18H22FN6P. The maximum absolute atomic E-state index is 14.5. The third kappa shape index (κ3) is 3.50. The van der Waals surface area contributed by atoms with Crippen LogP contribution < -0.4 is 21.3 Å². The minimum atomic E-state index is -0.118. The Balaban J connectivity index is 1.54. The summed E-state index contributed by atoms with van der Waals surface area (Å²) < 4.78 is 14.5. The van der Waals surface area contributed by atoms with Crippen molar-refractivity contribution >= 4 is 25.6 Å². The van der Waals surface area contributed by atoms with Crippen molar-refractivity contribution in [3.8, 4) is 0 Å². The SMILES string of the molecule is FC1=C(N2CCNCC2)C(NCc2cc(P)c3nccnc3c2)=CNC1. The van der Waals surface area contributed by atoms with Gasteiger partial charge in [0.2, 0.25) is 0 Å². The molecule has 3 heterocycles. The Bertz CT molecular complexity index is 875. The summed E-state index contributed by atoms with van der Waals surface area (Å²) in [6, 6.07) is 4.08. The van der Waals surface area contributed by atoms with E-state index >= 15 is 0 Å². The van der Waals surface area contributed by atoms with E-state index < -0.39 is 0 Å². The maximum Gasteiger partial charge on any atom is 0.144 e.